The lowest BCUT2D eigenvalue weighted by atomic mass is 10.2. The van der Waals surface area contributed by atoms with Gasteiger partial charge in [0.2, 0.25) is 0 Å². The molecule has 2 heterocycles. The second-order valence-corrected chi connectivity index (χ2v) is 3.91. The predicted molar refractivity (Wildman–Crippen MR) is 63.0 cm³/mol. The smallest absolute Gasteiger partial charge is 0.404 e. The molecule has 0 aliphatic rings. The Balaban J connectivity index is 0.00000128. The molecule has 7 heteroatoms. The molecule has 0 bridgehead atoms. The number of halogens is 1. The number of hydrogen-bond acceptors (Lipinski definition) is 5. The molecule has 86 valence electrons. The van der Waals surface area contributed by atoms with E-state index in [9.17, 15) is 10.1 Å². The first-order valence-electron chi connectivity index (χ1n) is 4.21. The van der Waals surface area contributed by atoms with Gasteiger partial charge < -0.3 is 10.2 Å². The van der Waals surface area contributed by atoms with E-state index in [0.717, 1.165) is 4.88 Å². The molecule has 0 saturated carbocycles. The summed E-state index contributed by atoms with van der Waals surface area (Å²) < 4.78 is 5.01. The number of thiophene rings is 1. The van der Waals surface area contributed by atoms with Crippen molar-refractivity contribution in [2.75, 3.05) is 0 Å². The first-order valence-corrected chi connectivity index (χ1v) is 5.09. The van der Waals surface area contributed by atoms with Crippen molar-refractivity contribution in [3.63, 3.8) is 0 Å². The van der Waals surface area contributed by atoms with Crippen LogP contribution in [0.15, 0.2) is 34.1 Å². The van der Waals surface area contributed by atoms with Crippen LogP contribution in [-0.4, -0.2) is 4.92 Å². The van der Waals surface area contributed by atoms with E-state index in [1.807, 2.05) is 17.5 Å². The van der Waals surface area contributed by atoms with Crippen LogP contribution in [0.3, 0.4) is 0 Å². The van der Waals surface area contributed by atoms with Gasteiger partial charge in [-0.05, 0) is 17.5 Å². The van der Waals surface area contributed by atoms with Crippen molar-refractivity contribution in [3.8, 4) is 0 Å². The number of furan rings is 1. The van der Waals surface area contributed by atoms with Crippen molar-refractivity contribution in [1.82, 2.24) is 0 Å². The molecule has 0 spiro atoms. The van der Waals surface area contributed by atoms with Gasteiger partial charge in [-0.3, -0.25) is 10.1 Å². The van der Waals surface area contributed by atoms with Crippen LogP contribution in [0.4, 0.5) is 5.88 Å². The number of rotatable bonds is 3. The van der Waals surface area contributed by atoms with Crippen LogP contribution in [-0.2, 0) is 0 Å². The van der Waals surface area contributed by atoms with Crippen molar-refractivity contribution >= 4 is 29.6 Å². The molecule has 0 saturated heterocycles. The Morgan fingerprint density at radius 3 is 2.69 bits per heavy atom. The second-order valence-electron chi connectivity index (χ2n) is 2.93. The van der Waals surface area contributed by atoms with Crippen LogP contribution >= 0.6 is 23.7 Å². The third-order valence-electron chi connectivity index (χ3n) is 1.95. The summed E-state index contributed by atoms with van der Waals surface area (Å²) >= 11 is 1.49. The van der Waals surface area contributed by atoms with Gasteiger partial charge >= 0.3 is 5.88 Å². The van der Waals surface area contributed by atoms with Crippen LogP contribution in [0.2, 0.25) is 0 Å². The molecule has 16 heavy (non-hydrogen) atoms. The van der Waals surface area contributed by atoms with E-state index in [2.05, 4.69) is 0 Å². The molecule has 0 aliphatic heterocycles. The topological polar surface area (TPSA) is 82.3 Å². The number of hydrogen-bond donors (Lipinski definition) is 1. The Bertz CT molecular complexity index is 469. The highest BCUT2D eigenvalue weighted by molar-refractivity contribution is 7.10. The van der Waals surface area contributed by atoms with E-state index in [4.69, 9.17) is 10.2 Å². The van der Waals surface area contributed by atoms with Crippen molar-refractivity contribution in [1.29, 1.82) is 0 Å². The molecule has 2 rings (SSSR count). The van der Waals surface area contributed by atoms with E-state index in [1.54, 1.807) is 0 Å². The maximum absolute atomic E-state index is 10.4. The summed E-state index contributed by atoms with van der Waals surface area (Å²) in [4.78, 5) is 10.7. The van der Waals surface area contributed by atoms with Gasteiger partial charge in [-0.2, -0.15) is 0 Å². The minimum absolute atomic E-state index is 0. The normalized spacial score (nSPS) is 11.8. The Labute approximate surface area is 101 Å². The van der Waals surface area contributed by atoms with Crippen molar-refractivity contribution in [2.24, 2.45) is 5.73 Å². The first kappa shape index (κ1) is 12.7. The quantitative estimate of drug-likeness (QED) is 0.679. The molecule has 0 aliphatic carbocycles. The van der Waals surface area contributed by atoms with E-state index >= 15 is 0 Å². The fourth-order valence-electron chi connectivity index (χ4n) is 1.22. The average molecular weight is 261 g/mol. The molecule has 2 aromatic heterocycles. The highest BCUT2D eigenvalue weighted by Gasteiger charge is 2.18. The van der Waals surface area contributed by atoms with E-state index in [0.29, 0.717) is 5.76 Å². The lowest BCUT2D eigenvalue weighted by Crippen LogP contribution is -2.08. The maximum Gasteiger partial charge on any atom is 0.433 e. The molecule has 2 N–H and O–H groups in total. The molecule has 2 aromatic rings. The molecule has 0 radical (unpaired) electrons. The zero-order valence-corrected chi connectivity index (χ0v) is 9.66. The van der Waals surface area contributed by atoms with Crippen LogP contribution in [0.25, 0.3) is 0 Å². The number of nitrogens with two attached hydrogens (primary N) is 1. The molecule has 1 atom stereocenters. The summed E-state index contributed by atoms with van der Waals surface area (Å²) in [5.74, 6) is 0.126. The van der Waals surface area contributed by atoms with Crippen LogP contribution < -0.4 is 5.73 Å². The molecule has 0 unspecified atom stereocenters. The minimum Gasteiger partial charge on any atom is -0.404 e. The zero-order valence-electron chi connectivity index (χ0n) is 8.03. The van der Waals surface area contributed by atoms with Crippen molar-refractivity contribution < 1.29 is 9.34 Å². The summed E-state index contributed by atoms with van der Waals surface area (Å²) in [5, 5.41) is 12.3. The van der Waals surface area contributed by atoms with Crippen LogP contribution in [0.5, 0.6) is 0 Å². The SMILES string of the molecule is Cl.N[C@H](c1ccc([N+](=O)[O-])o1)c1cccs1. The second kappa shape index (κ2) is 5.11. The molecule has 0 fully saturated rings. The standard InChI is InChI=1S/C9H8N2O3S.ClH/c10-9(7-2-1-5-15-7)6-3-4-8(14-6)11(12)13;/h1-5,9H,10H2;1H/t9-;/m1./s1. The zero-order chi connectivity index (χ0) is 10.8. The average Bonchev–Trinajstić information content (AvgIpc) is 2.88. The first-order chi connectivity index (χ1) is 7.18. The molecule has 0 amide bonds. The summed E-state index contributed by atoms with van der Waals surface area (Å²) in [7, 11) is 0. The van der Waals surface area contributed by atoms with Gasteiger partial charge in [0.1, 0.15) is 10.7 Å². The lowest BCUT2D eigenvalue weighted by molar-refractivity contribution is -0.402. The van der Waals surface area contributed by atoms with Gasteiger partial charge in [-0.25, -0.2) is 0 Å². The largest absolute Gasteiger partial charge is 0.433 e. The Kier molecular flexibility index (Phi) is 4.05. The van der Waals surface area contributed by atoms with Gasteiger partial charge in [-0.15, -0.1) is 23.7 Å². The molecule has 0 aromatic carbocycles. The summed E-state index contributed by atoms with van der Waals surface area (Å²) in [6, 6.07) is 6.14. The summed E-state index contributed by atoms with van der Waals surface area (Å²) in [6.45, 7) is 0. The van der Waals surface area contributed by atoms with Crippen molar-refractivity contribution in [2.45, 2.75) is 6.04 Å². The van der Waals surface area contributed by atoms with E-state index in [-0.39, 0.29) is 18.3 Å². The van der Waals surface area contributed by atoms with E-state index in [1.165, 1.54) is 23.5 Å². The summed E-state index contributed by atoms with van der Waals surface area (Å²) in [5.41, 5.74) is 5.87. The van der Waals surface area contributed by atoms with E-state index < -0.39 is 11.0 Å². The van der Waals surface area contributed by atoms with Crippen molar-refractivity contribution in [3.05, 3.63) is 50.4 Å². The van der Waals surface area contributed by atoms with Gasteiger partial charge in [0.25, 0.3) is 0 Å². The molecular formula is C9H9ClN2O3S. The monoisotopic (exact) mass is 260 g/mol. The number of nitrogens with zero attached hydrogens (tertiary/aromatic N) is 1. The van der Waals surface area contributed by atoms with Gasteiger partial charge in [0.05, 0.1) is 12.1 Å². The third-order valence-corrected chi connectivity index (χ3v) is 2.90. The van der Waals surface area contributed by atoms with Gasteiger partial charge in [0.15, 0.2) is 0 Å². The fraction of sp³-hybridized carbons (Fsp3) is 0.111. The molecule has 5 nitrogen and oxygen atoms in total. The van der Waals surface area contributed by atoms with Gasteiger partial charge in [-0.1, -0.05) is 6.07 Å². The Morgan fingerprint density at radius 1 is 1.44 bits per heavy atom. The highest BCUT2D eigenvalue weighted by atomic mass is 35.5. The summed E-state index contributed by atoms with van der Waals surface area (Å²) in [6.07, 6.45) is 0. The minimum atomic E-state index is -0.579. The highest BCUT2D eigenvalue weighted by Crippen LogP contribution is 2.27. The van der Waals surface area contributed by atoms with Crippen LogP contribution in [0.1, 0.15) is 16.7 Å². The molecular weight excluding hydrogens is 252 g/mol. The van der Waals surface area contributed by atoms with Gasteiger partial charge in [0, 0.05) is 4.88 Å². The Morgan fingerprint density at radius 2 is 2.19 bits per heavy atom. The third kappa shape index (κ3) is 2.41. The predicted octanol–water partition coefficient (Wildman–Crippen LogP) is 2.72. The Hall–Kier alpha value is -1.37. The fourth-order valence-corrected chi connectivity index (χ4v) is 1.95. The maximum atomic E-state index is 10.4. The lowest BCUT2D eigenvalue weighted by Gasteiger charge is -2.03. The van der Waals surface area contributed by atoms with Crippen LogP contribution in [0, 0.1) is 10.1 Å². The number of nitro groups is 1.